The topological polar surface area (TPSA) is 37.3 Å². The van der Waals surface area contributed by atoms with E-state index in [2.05, 4.69) is 12.2 Å². The Bertz CT molecular complexity index is 220. The molecule has 2 aliphatic carbocycles. The molecule has 66 valence electrons. The average molecular weight is 166 g/mol. The molecule has 1 saturated carbocycles. The van der Waals surface area contributed by atoms with Crippen molar-refractivity contribution in [3.05, 3.63) is 12.2 Å². The highest BCUT2D eigenvalue weighted by atomic mass is 16.4. The number of hydrogen-bond donors (Lipinski definition) is 1. The van der Waals surface area contributed by atoms with Crippen LogP contribution in [-0.2, 0) is 4.79 Å². The molecule has 2 rings (SSSR count). The van der Waals surface area contributed by atoms with Gasteiger partial charge in [0.2, 0.25) is 0 Å². The first-order chi connectivity index (χ1) is 5.75. The minimum absolute atomic E-state index is 0.0706. The molecule has 0 heterocycles. The number of fused-ring (bicyclic) bond motifs is 2. The van der Waals surface area contributed by atoms with E-state index >= 15 is 0 Å². The monoisotopic (exact) mass is 166 g/mol. The number of carbonyl (C=O) groups is 1. The first-order valence-electron chi connectivity index (χ1n) is 4.65. The predicted octanol–water partition coefficient (Wildman–Crippen LogP) is 2.06. The summed E-state index contributed by atoms with van der Waals surface area (Å²) in [5, 5.41) is 8.87. The largest absolute Gasteiger partial charge is 0.481 e. The van der Waals surface area contributed by atoms with E-state index in [0.717, 1.165) is 19.3 Å². The van der Waals surface area contributed by atoms with Crippen LogP contribution in [0.4, 0.5) is 0 Å². The lowest BCUT2D eigenvalue weighted by Crippen LogP contribution is -2.28. The van der Waals surface area contributed by atoms with Gasteiger partial charge in [-0.25, -0.2) is 0 Å². The third-order valence-electron chi connectivity index (χ3n) is 3.07. The molecule has 1 fully saturated rings. The molecule has 2 nitrogen and oxygen atoms in total. The van der Waals surface area contributed by atoms with Gasteiger partial charge in [0, 0.05) is 0 Å². The Morgan fingerprint density at radius 2 is 2.17 bits per heavy atom. The van der Waals surface area contributed by atoms with Gasteiger partial charge in [0.1, 0.15) is 0 Å². The lowest BCUT2D eigenvalue weighted by molar-refractivity contribution is -0.143. The standard InChI is InChI=1S/C10H14O2/c11-10(12)9-5-7-2-1-3-8(4-7)6-9/h1-2,7-9H,3-6H2,(H,11,12)/t7-,8?,9-/m1/s1. The minimum atomic E-state index is -0.597. The third-order valence-corrected chi connectivity index (χ3v) is 3.07. The van der Waals surface area contributed by atoms with Crippen LogP contribution in [-0.4, -0.2) is 11.1 Å². The zero-order valence-electron chi connectivity index (χ0n) is 7.07. The maximum absolute atomic E-state index is 10.8. The summed E-state index contributed by atoms with van der Waals surface area (Å²) >= 11 is 0. The van der Waals surface area contributed by atoms with Crippen molar-refractivity contribution in [3.8, 4) is 0 Å². The second-order valence-corrected chi connectivity index (χ2v) is 4.03. The summed E-state index contributed by atoms with van der Waals surface area (Å²) in [4.78, 5) is 10.8. The van der Waals surface area contributed by atoms with Gasteiger partial charge in [-0.05, 0) is 37.5 Å². The van der Waals surface area contributed by atoms with Gasteiger partial charge in [-0.15, -0.1) is 0 Å². The van der Waals surface area contributed by atoms with E-state index < -0.39 is 5.97 Å². The Kier molecular flexibility index (Phi) is 1.91. The molecule has 0 aromatic carbocycles. The van der Waals surface area contributed by atoms with Crippen molar-refractivity contribution in [1.29, 1.82) is 0 Å². The molecule has 3 atom stereocenters. The van der Waals surface area contributed by atoms with Crippen LogP contribution >= 0.6 is 0 Å². The maximum atomic E-state index is 10.8. The quantitative estimate of drug-likeness (QED) is 0.605. The summed E-state index contributed by atoms with van der Waals surface area (Å²) in [5.74, 6) is 0.534. The van der Waals surface area contributed by atoms with Crippen LogP contribution in [0.25, 0.3) is 0 Å². The number of hydrogen-bond acceptors (Lipinski definition) is 1. The van der Waals surface area contributed by atoms with Crippen molar-refractivity contribution in [2.75, 3.05) is 0 Å². The Labute approximate surface area is 72.3 Å². The highest BCUT2D eigenvalue weighted by Gasteiger charge is 2.32. The number of allylic oxidation sites excluding steroid dienone is 2. The maximum Gasteiger partial charge on any atom is 0.306 e. The van der Waals surface area contributed by atoms with E-state index in [-0.39, 0.29) is 5.92 Å². The molecule has 12 heavy (non-hydrogen) atoms. The van der Waals surface area contributed by atoms with Crippen LogP contribution in [0.1, 0.15) is 25.7 Å². The van der Waals surface area contributed by atoms with E-state index in [1.54, 1.807) is 0 Å². The second kappa shape index (κ2) is 2.92. The number of carboxylic acids is 1. The van der Waals surface area contributed by atoms with Gasteiger partial charge in [-0.3, -0.25) is 4.79 Å². The normalized spacial score (nSPS) is 39.5. The van der Waals surface area contributed by atoms with Gasteiger partial charge in [-0.1, -0.05) is 12.2 Å². The molecule has 2 heteroatoms. The van der Waals surface area contributed by atoms with Crippen molar-refractivity contribution >= 4 is 5.97 Å². The third kappa shape index (κ3) is 1.38. The number of rotatable bonds is 1. The van der Waals surface area contributed by atoms with Crippen molar-refractivity contribution in [1.82, 2.24) is 0 Å². The number of carboxylic acid groups (broad SMARTS) is 1. The number of aliphatic carboxylic acids is 1. The van der Waals surface area contributed by atoms with E-state index in [9.17, 15) is 4.79 Å². The molecule has 0 aliphatic heterocycles. The van der Waals surface area contributed by atoms with Crippen molar-refractivity contribution < 1.29 is 9.90 Å². The average Bonchev–Trinajstić information content (AvgIpc) is 2.03. The first-order valence-corrected chi connectivity index (χ1v) is 4.65. The lowest BCUT2D eigenvalue weighted by Gasteiger charge is -2.33. The molecule has 0 radical (unpaired) electrons. The Balaban J connectivity index is 2.07. The molecule has 0 saturated heterocycles. The van der Waals surface area contributed by atoms with Gasteiger partial charge >= 0.3 is 5.97 Å². The van der Waals surface area contributed by atoms with Crippen LogP contribution in [0, 0.1) is 17.8 Å². The zero-order chi connectivity index (χ0) is 8.55. The molecule has 1 N–H and O–H groups in total. The molecule has 1 unspecified atom stereocenters. The van der Waals surface area contributed by atoms with Crippen molar-refractivity contribution in [2.45, 2.75) is 25.7 Å². The summed E-state index contributed by atoms with van der Waals surface area (Å²) in [6, 6.07) is 0. The summed E-state index contributed by atoms with van der Waals surface area (Å²) in [5.41, 5.74) is 0. The minimum Gasteiger partial charge on any atom is -0.481 e. The van der Waals surface area contributed by atoms with E-state index in [1.165, 1.54) is 6.42 Å². The molecule has 0 aromatic heterocycles. The highest BCUT2D eigenvalue weighted by Crippen LogP contribution is 2.39. The van der Waals surface area contributed by atoms with Crippen LogP contribution in [0.15, 0.2) is 12.2 Å². The smallest absolute Gasteiger partial charge is 0.306 e. The van der Waals surface area contributed by atoms with Gasteiger partial charge in [0.05, 0.1) is 5.92 Å². The Morgan fingerprint density at radius 3 is 2.83 bits per heavy atom. The molecular formula is C10H14O2. The van der Waals surface area contributed by atoms with Crippen LogP contribution < -0.4 is 0 Å². The Morgan fingerprint density at radius 1 is 1.33 bits per heavy atom. The predicted molar refractivity (Wildman–Crippen MR) is 45.7 cm³/mol. The Hall–Kier alpha value is -0.790. The summed E-state index contributed by atoms with van der Waals surface area (Å²) < 4.78 is 0. The van der Waals surface area contributed by atoms with Crippen molar-refractivity contribution in [2.24, 2.45) is 17.8 Å². The molecule has 0 spiro atoms. The van der Waals surface area contributed by atoms with Crippen molar-refractivity contribution in [3.63, 3.8) is 0 Å². The second-order valence-electron chi connectivity index (χ2n) is 4.03. The summed E-state index contributed by atoms with van der Waals surface area (Å²) in [6.45, 7) is 0. The fourth-order valence-electron chi connectivity index (χ4n) is 2.50. The fraction of sp³-hybridized carbons (Fsp3) is 0.700. The van der Waals surface area contributed by atoms with Crippen LogP contribution in [0.2, 0.25) is 0 Å². The van der Waals surface area contributed by atoms with Crippen LogP contribution in [0.5, 0.6) is 0 Å². The van der Waals surface area contributed by atoms with Gasteiger partial charge in [0.25, 0.3) is 0 Å². The zero-order valence-corrected chi connectivity index (χ0v) is 7.07. The van der Waals surface area contributed by atoms with E-state index in [4.69, 9.17) is 5.11 Å². The molecule has 0 amide bonds. The lowest BCUT2D eigenvalue weighted by atomic mass is 9.71. The van der Waals surface area contributed by atoms with Gasteiger partial charge in [-0.2, -0.15) is 0 Å². The molecular weight excluding hydrogens is 152 g/mol. The summed E-state index contributed by atoms with van der Waals surface area (Å²) in [6.07, 6.45) is 8.50. The van der Waals surface area contributed by atoms with Gasteiger partial charge < -0.3 is 5.11 Å². The SMILES string of the molecule is O=C(O)[C@H]1CC2CC=C[C@H](C2)C1. The summed E-state index contributed by atoms with van der Waals surface area (Å²) in [7, 11) is 0. The molecule has 0 aromatic rings. The van der Waals surface area contributed by atoms with Gasteiger partial charge in [0.15, 0.2) is 0 Å². The molecule has 2 bridgehead atoms. The highest BCUT2D eigenvalue weighted by molar-refractivity contribution is 5.70. The molecule has 2 aliphatic rings. The van der Waals surface area contributed by atoms with E-state index in [1.807, 2.05) is 0 Å². The van der Waals surface area contributed by atoms with E-state index in [0.29, 0.717) is 11.8 Å². The fourth-order valence-corrected chi connectivity index (χ4v) is 2.50. The first kappa shape index (κ1) is 7.84. The van der Waals surface area contributed by atoms with Crippen LogP contribution in [0.3, 0.4) is 0 Å².